The van der Waals surface area contributed by atoms with Gasteiger partial charge in [0.15, 0.2) is 22.8 Å². The maximum absolute atomic E-state index is 12.2. The summed E-state index contributed by atoms with van der Waals surface area (Å²) in [5.41, 5.74) is 1.19. The summed E-state index contributed by atoms with van der Waals surface area (Å²) in [6.07, 6.45) is 5.23. The zero-order valence-corrected chi connectivity index (χ0v) is 19.2. The SMILES string of the molecule is COc1ccc(NC(=O)/C=C/C=C(\Cl)c2cc3cccc(OCCCCl)c3o2)cc1OC. The number of methoxy groups -OCH3 is 2. The van der Waals surface area contributed by atoms with Crippen LogP contribution >= 0.6 is 23.2 Å². The van der Waals surface area contributed by atoms with Crippen LogP contribution in [-0.2, 0) is 4.79 Å². The number of fused-ring (bicyclic) bond motifs is 1. The highest BCUT2D eigenvalue weighted by Gasteiger charge is 2.11. The van der Waals surface area contributed by atoms with Gasteiger partial charge in [-0.2, -0.15) is 0 Å². The van der Waals surface area contributed by atoms with E-state index in [1.807, 2.05) is 24.3 Å². The molecule has 8 heteroatoms. The van der Waals surface area contributed by atoms with Crippen molar-refractivity contribution in [3.05, 3.63) is 66.5 Å². The van der Waals surface area contributed by atoms with Crippen molar-refractivity contribution in [1.82, 2.24) is 0 Å². The molecule has 0 saturated heterocycles. The number of amides is 1. The maximum Gasteiger partial charge on any atom is 0.248 e. The lowest BCUT2D eigenvalue weighted by Crippen LogP contribution is -2.07. The predicted octanol–water partition coefficient (Wildman–Crippen LogP) is 6.23. The fourth-order valence-corrected chi connectivity index (χ4v) is 3.18. The molecule has 1 aromatic heterocycles. The van der Waals surface area contributed by atoms with Crippen LogP contribution in [0.25, 0.3) is 16.0 Å². The third-order valence-electron chi connectivity index (χ3n) is 4.42. The molecule has 0 aliphatic rings. The van der Waals surface area contributed by atoms with Gasteiger partial charge in [0.2, 0.25) is 5.91 Å². The first-order chi connectivity index (χ1) is 15.5. The molecule has 32 heavy (non-hydrogen) atoms. The molecule has 1 heterocycles. The van der Waals surface area contributed by atoms with Gasteiger partial charge in [-0.05, 0) is 36.8 Å². The van der Waals surface area contributed by atoms with E-state index >= 15 is 0 Å². The van der Waals surface area contributed by atoms with Crippen molar-refractivity contribution in [2.24, 2.45) is 0 Å². The van der Waals surface area contributed by atoms with Crippen molar-refractivity contribution in [3.8, 4) is 17.2 Å². The van der Waals surface area contributed by atoms with Gasteiger partial charge in [0.05, 0.1) is 25.9 Å². The molecule has 0 bridgehead atoms. The average Bonchev–Trinajstić information content (AvgIpc) is 3.24. The van der Waals surface area contributed by atoms with E-state index in [1.54, 1.807) is 37.5 Å². The van der Waals surface area contributed by atoms with Crippen LogP contribution in [0, 0.1) is 0 Å². The number of hydrogen-bond donors (Lipinski definition) is 1. The molecule has 0 unspecified atom stereocenters. The van der Waals surface area contributed by atoms with E-state index in [9.17, 15) is 4.79 Å². The number of benzene rings is 2. The number of para-hydroxylation sites is 1. The molecule has 0 aliphatic carbocycles. The van der Waals surface area contributed by atoms with Crippen LogP contribution in [0.3, 0.4) is 0 Å². The molecule has 6 nitrogen and oxygen atoms in total. The van der Waals surface area contributed by atoms with Gasteiger partial charge < -0.3 is 23.9 Å². The molecule has 0 aliphatic heterocycles. The topological polar surface area (TPSA) is 69.9 Å². The minimum atomic E-state index is -0.322. The molecule has 2 aromatic carbocycles. The second-order valence-corrected chi connectivity index (χ2v) is 7.39. The summed E-state index contributed by atoms with van der Waals surface area (Å²) in [6.45, 7) is 0.500. The molecule has 0 saturated carbocycles. The Morgan fingerprint density at radius 2 is 1.91 bits per heavy atom. The van der Waals surface area contributed by atoms with Crippen molar-refractivity contribution in [2.75, 3.05) is 32.0 Å². The standard InChI is InChI=1S/C24H23Cl2NO5/c1-29-19-11-10-17(15-22(19)30-2)27-23(28)9-4-7-18(26)21-14-16-6-3-8-20(24(16)32-21)31-13-5-12-25/h3-4,6-11,14-15H,5,12-13H2,1-2H3,(H,27,28)/b9-4+,18-7-. The number of halogens is 2. The lowest BCUT2D eigenvalue weighted by molar-refractivity contribution is -0.111. The number of anilines is 1. The number of ether oxygens (including phenoxy) is 3. The fraction of sp³-hybridized carbons (Fsp3) is 0.208. The second-order valence-electron chi connectivity index (χ2n) is 6.61. The van der Waals surface area contributed by atoms with E-state index in [1.165, 1.54) is 13.2 Å². The number of hydrogen-bond acceptors (Lipinski definition) is 5. The van der Waals surface area contributed by atoms with Crippen LogP contribution in [0.1, 0.15) is 12.2 Å². The minimum absolute atomic E-state index is 0.322. The molecule has 0 atom stereocenters. The van der Waals surface area contributed by atoms with E-state index in [0.717, 1.165) is 11.8 Å². The quantitative estimate of drug-likeness (QED) is 0.163. The Bertz CT molecular complexity index is 1140. The average molecular weight is 476 g/mol. The Labute approximate surface area is 196 Å². The summed E-state index contributed by atoms with van der Waals surface area (Å²) in [6, 6.07) is 12.6. The van der Waals surface area contributed by atoms with Crippen LogP contribution < -0.4 is 19.5 Å². The van der Waals surface area contributed by atoms with Gasteiger partial charge in [-0.3, -0.25) is 4.79 Å². The zero-order valence-electron chi connectivity index (χ0n) is 17.7. The minimum Gasteiger partial charge on any atom is -0.493 e. The summed E-state index contributed by atoms with van der Waals surface area (Å²) < 4.78 is 22.0. The monoisotopic (exact) mass is 475 g/mol. The molecular formula is C24H23Cl2NO5. The van der Waals surface area contributed by atoms with Crippen molar-refractivity contribution >= 4 is 50.8 Å². The number of alkyl halides is 1. The van der Waals surface area contributed by atoms with Crippen LogP contribution in [-0.4, -0.2) is 32.6 Å². The van der Waals surface area contributed by atoms with Crippen LogP contribution in [0.4, 0.5) is 5.69 Å². The van der Waals surface area contributed by atoms with Gasteiger partial charge in [0.1, 0.15) is 5.76 Å². The Balaban J connectivity index is 1.67. The summed E-state index contributed by atoms with van der Waals surface area (Å²) in [5.74, 6) is 2.41. The fourth-order valence-electron chi connectivity index (χ4n) is 2.90. The Morgan fingerprint density at radius 3 is 2.66 bits per heavy atom. The highest BCUT2D eigenvalue weighted by Crippen LogP contribution is 2.33. The Kier molecular flexibility index (Phi) is 8.48. The van der Waals surface area contributed by atoms with E-state index in [4.69, 9.17) is 41.8 Å². The van der Waals surface area contributed by atoms with E-state index < -0.39 is 0 Å². The second kappa shape index (κ2) is 11.5. The predicted molar refractivity (Wildman–Crippen MR) is 128 cm³/mol. The van der Waals surface area contributed by atoms with Gasteiger partial charge in [0, 0.05) is 29.1 Å². The van der Waals surface area contributed by atoms with E-state index in [-0.39, 0.29) is 5.91 Å². The Morgan fingerprint density at radius 1 is 1.09 bits per heavy atom. The summed E-state index contributed by atoms with van der Waals surface area (Å²) in [4.78, 5) is 12.2. The van der Waals surface area contributed by atoms with Crippen LogP contribution in [0.5, 0.6) is 17.2 Å². The lowest BCUT2D eigenvalue weighted by atomic mass is 10.2. The first-order valence-electron chi connectivity index (χ1n) is 9.84. The summed E-state index contributed by atoms with van der Waals surface area (Å²) >= 11 is 12.1. The van der Waals surface area contributed by atoms with Crippen molar-refractivity contribution in [2.45, 2.75) is 6.42 Å². The highest BCUT2D eigenvalue weighted by molar-refractivity contribution is 6.48. The molecule has 0 radical (unpaired) electrons. The molecule has 0 spiro atoms. The number of nitrogens with one attached hydrogen (secondary N) is 1. The van der Waals surface area contributed by atoms with Gasteiger partial charge >= 0.3 is 0 Å². The number of furan rings is 1. The first-order valence-corrected chi connectivity index (χ1v) is 10.8. The van der Waals surface area contributed by atoms with Gasteiger partial charge in [-0.1, -0.05) is 29.8 Å². The normalized spacial score (nSPS) is 11.7. The molecular weight excluding hydrogens is 453 g/mol. The highest BCUT2D eigenvalue weighted by atomic mass is 35.5. The van der Waals surface area contributed by atoms with Gasteiger partial charge in [0.25, 0.3) is 0 Å². The molecule has 3 rings (SSSR count). The summed E-state index contributed by atoms with van der Waals surface area (Å²) in [5, 5.41) is 3.97. The largest absolute Gasteiger partial charge is 0.493 e. The van der Waals surface area contributed by atoms with Crippen molar-refractivity contribution < 1.29 is 23.4 Å². The smallest absolute Gasteiger partial charge is 0.248 e. The van der Waals surface area contributed by atoms with E-state index in [2.05, 4.69) is 5.32 Å². The zero-order chi connectivity index (χ0) is 22.9. The van der Waals surface area contributed by atoms with Crippen molar-refractivity contribution in [1.29, 1.82) is 0 Å². The molecule has 1 N–H and O–H groups in total. The Hall–Kier alpha value is -3.09. The summed E-state index contributed by atoms with van der Waals surface area (Å²) in [7, 11) is 3.08. The van der Waals surface area contributed by atoms with Crippen molar-refractivity contribution in [3.63, 3.8) is 0 Å². The lowest BCUT2D eigenvalue weighted by Gasteiger charge is -2.09. The molecule has 3 aromatic rings. The maximum atomic E-state index is 12.2. The number of allylic oxidation sites excluding steroid dienone is 2. The van der Waals surface area contributed by atoms with Gasteiger partial charge in [-0.25, -0.2) is 0 Å². The van der Waals surface area contributed by atoms with Crippen LogP contribution in [0.15, 0.2) is 65.1 Å². The third-order valence-corrected chi connectivity index (χ3v) is 5.00. The third kappa shape index (κ3) is 5.99. The first kappa shape index (κ1) is 23.6. The number of rotatable bonds is 10. The molecule has 0 fully saturated rings. The molecule has 1 amide bonds. The number of carbonyl (C=O) groups excluding carboxylic acids is 1. The van der Waals surface area contributed by atoms with Gasteiger partial charge in [-0.15, -0.1) is 11.6 Å². The van der Waals surface area contributed by atoms with Crippen LogP contribution in [0.2, 0.25) is 0 Å². The molecule has 168 valence electrons. The number of carbonyl (C=O) groups is 1. The van der Waals surface area contributed by atoms with E-state index in [0.29, 0.717) is 51.8 Å².